The van der Waals surface area contributed by atoms with Crippen LogP contribution in [0.4, 0.5) is 0 Å². The monoisotopic (exact) mass is 338 g/mol. The van der Waals surface area contributed by atoms with Crippen molar-refractivity contribution in [2.75, 3.05) is 7.11 Å². The third-order valence-corrected chi connectivity index (χ3v) is 4.21. The van der Waals surface area contributed by atoms with Crippen LogP contribution in [0.3, 0.4) is 0 Å². The molecule has 0 saturated carbocycles. The number of carbonyl (C=O) groups excluding carboxylic acids is 1. The minimum Gasteiger partial charge on any atom is -0.465 e. The van der Waals surface area contributed by atoms with Crippen LogP contribution in [0.1, 0.15) is 52.9 Å². The number of methoxy groups -OCH3 is 1. The summed E-state index contributed by atoms with van der Waals surface area (Å²) in [4.78, 5) is 11.6. The van der Waals surface area contributed by atoms with Crippen molar-refractivity contribution in [2.45, 2.75) is 25.7 Å². The van der Waals surface area contributed by atoms with Crippen LogP contribution in [0, 0.1) is 11.3 Å². The van der Waals surface area contributed by atoms with E-state index in [4.69, 9.17) is 15.2 Å². The van der Waals surface area contributed by atoms with E-state index in [-0.39, 0.29) is 11.8 Å². The minimum atomic E-state index is -0.416. The highest BCUT2D eigenvalue weighted by molar-refractivity contribution is 5.89. The van der Waals surface area contributed by atoms with Crippen molar-refractivity contribution in [3.8, 4) is 11.9 Å². The summed E-state index contributed by atoms with van der Waals surface area (Å²) >= 11 is 0. The number of esters is 1. The first kappa shape index (κ1) is 16.6. The number of nitrogens with zero attached hydrogens (tertiary/aromatic N) is 2. The summed E-state index contributed by atoms with van der Waals surface area (Å²) in [5.41, 5.74) is 9.18. The van der Waals surface area contributed by atoms with E-state index in [2.05, 4.69) is 16.3 Å². The van der Waals surface area contributed by atoms with Crippen molar-refractivity contribution in [2.24, 2.45) is 5.73 Å². The van der Waals surface area contributed by atoms with Gasteiger partial charge in [0.1, 0.15) is 11.6 Å². The zero-order valence-electron chi connectivity index (χ0n) is 14.2. The lowest BCUT2D eigenvalue weighted by Crippen LogP contribution is -2.21. The van der Waals surface area contributed by atoms with Gasteiger partial charge in [0.05, 0.1) is 24.2 Å². The van der Waals surface area contributed by atoms with E-state index in [0.717, 1.165) is 16.8 Å². The number of aromatic amines is 1. The van der Waals surface area contributed by atoms with Crippen LogP contribution in [0.15, 0.2) is 35.7 Å². The Hall–Kier alpha value is -3.27. The summed E-state index contributed by atoms with van der Waals surface area (Å²) in [5.74, 6) is -0.241. The Morgan fingerprint density at radius 3 is 2.64 bits per heavy atom. The first-order valence-corrected chi connectivity index (χ1v) is 7.82. The van der Waals surface area contributed by atoms with Crippen LogP contribution in [0.25, 0.3) is 0 Å². The maximum atomic E-state index is 11.6. The molecule has 0 unspecified atom stereocenters. The van der Waals surface area contributed by atoms with Gasteiger partial charge in [-0.2, -0.15) is 5.26 Å². The molecule has 1 aliphatic rings. The van der Waals surface area contributed by atoms with Gasteiger partial charge in [-0.15, -0.1) is 5.10 Å². The lowest BCUT2D eigenvalue weighted by atomic mass is 9.82. The van der Waals surface area contributed by atoms with Crippen LogP contribution in [0.2, 0.25) is 0 Å². The van der Waals surface area contributed by atoms with E-state index in [1.54, 1.807) is 24.3 Å². The highest BCUT2D eigenvalue weighted by atomic mass is 16.5. The third-order valence-electron chi connectivity index (χ3n) is 4.21. The van der Waals surface area contributed by atoms with E-state index in [9.17, 15) is 10.1 Å². The molecule has 2 heterocycles. The van der Waals surface area contributed by atoms with E-state index in [0.29, 0.717) is 17.0 Å². The predicted molar refractivity (Wildman–Crippen MR) is 89.8 cm³/mol. The van der Waals surface area contributed by atoms with Gasteiger partial charge in [-0.25, -0.2) is 4.79 Å². The van der Waals surface area contributed by atoms with E-state index >= 15 is 0 Å². The summed E-state index contributed by atoms with van der Waals surface area (Å²) in [5, 5.41) is 16.8. The molecular weight excluding hydrogens is 320 g/mol. The largest absolute Gasteiger partial charge is 0.465 e. The molecule has 0 aliphatic carbocycles. The highest BCUT2D eigenvalue weighted by Gasteiger charge is 2.35. The molecule has 0 fully saturated rings. The molecule has 1 atom stereocenters. The molecule has 1 aliphatic heterocycles. The average Bonchev–Trinajstić information content (AvgIpc) is 3.03. The Labute approximate surface area is 145 Å². The van der Waals surface area contributed by atoms with Crippen LogP contribution >= 0.6 is 0 Å². The SMILES string of the molecule is COC(=O)c1ccc([C@@H]2C(C#N)=C(N)Oc3n[nH]c(C(C)C)c32)cc1. The molecule has 0 amide bonds. The molecule has 0 spiro atoms. The zero-order valence-corrected chi connectivity index (χ0v) is 14.2. The van der Waals surface area contributed by atoms with Gasteiger partial charge in [0.15, 0.2) is 0 Å². The molecule has 0 radical (unpaired) electrons. The number of nitrogens with two attached hydrogens (primary N) is 1. The fourth-order valence-corrected chi connectivity index (χ4v) is 2.97. The van der Waals surface area contributed by atoms with Gasteiger partial charge in [0, 0.05) is 5.69 Å². The van der Waals surface area contributed by atoms with Gasteiger partial charge in [-0.1, -0.05) is 26.0 Å². The standard InChI is InChI=1S/C18H18N4O3/c1-9(2)15-14-13(10-4-6-11(7-5-10)18(23)24-3)12(8-19)16(20)25-17(14)22-21-15/h4-7,9,13H,20H2,1-3H3,(H,21,22)/t13-/m1/s1. The normalized spacial score (nSPS) is 16.2. The summed E-state index contributed by atoms with van der Waals surface area (Å²) in [6.07, 6.45) is 0. The minimum absolute atomic E-state index is 0.0406. The van der Waals surface area contributed by atoms with Crippen LogP contribution in [0.5, 0.6) is 5.88 Å². The fraction of sp³-hybridized carbons (Fsp3) is 0.278. The first-order chi connectivity index (χ1) is 12.0. The van der Waals surface area contributed by atoms with Gasteiger partial charge in [0.25, 0.3) is 0 Å². The number of rotatable bonds is 3. The second-order valence-corrected chi connectivity index (χ2v) is 6.05. The van der Waals surface area contributed by atoms with Gasteiger partial charge >= 0.3 is 5.97 Å². The first-order valence-electron chi connectivity index (χ1n) is 7.82. The molecule has 1 aromatic heterocycles. The molecule has 7 heteroatoms. The summed E-state index contributed by atoms with van der Waals surface area (Å²) in [7, 11) is 1.33. The highest BCUT2D eigenvalue weighted by Crippen LogP contribution is 2.44. The van der Waals surface area contributed by atoms with Crippen molar-refractivity contribution in [3.63, 3.8) is 0 Å². The lowest BCUT2D eigenvalue weighted by Gasteiger charge is -2.24. The topological polar surface area (TPSA) is 114 Å². The number of fused-ring (bicyclic) bond motifs is 1. The van der Waals surface area contributed by atoms with Crippen molar-refractivity contribution in [1.29, 1.82) is 5.26 Å². The number of aromatic nitrogens is 2. The van der Waals surface area contributed by atoms with Crippen molar-refractivity contribution >= 4 is 5.97 Å². The lowest BCUT2D eigenvalue weighted by molar-refractivity contribution is 0.0600. The number of carbonyl (C=O) groups is 1. The van der Waals surface area contributed by atoms with Gasteiger partial charge in [0.2, 0.25) is 11.8 Å². The number of nitrogens with one attached hydrogen (secondary N) is 1. The Balaban J connectivity index is 2.15. The Morgan fingerprint density at radius 1 is 1.40 bits per heavy atom. The third kappa shape index (κ3) is 2.72. The number of allylic oxidation sites excluding steroid dienone is 1. The molecule has 2 aromatic rings. The summed E-state index contributed by atoms with van der Waals surface area (Å²) in [6.45, 7) is 4.05. The molecule has 0 bridgehead atoms. The zero-order chi connectivity index (χ0) is 18.1. The molecule has 128 valence electrons. The quantitative estimate of drug-likeness (QED) is 0.831. The smallest absolute Gasteiger partial charge is 0.337 e. The van der Waals surface area contributed by atoms with Crippen LogP contribution in [-0.2, 0) is 4.74 Å². The molecule has 3 N–H and O–H groups in total. The van der Waals surface area contributed by atoms with Crippen molar-refractivity contribution in [1.82, 2.24) is 10.2 Å². The molecule has 1 aromatic carbocycles. The van der Waals surface area contributed by atoms with Crippen molar-refractivity contribution < 1.29 is 14.3 Å². The van der Waals surface area contributed by atoms with Gasteiger partial charge in [-0.3, -0.25) is 5.10 Å². The van der Waals surface area contributed by atoms with Gasteiger partial charge < -0.3 is 15.2 Å². The summed E-state index contributed by atoms with van der Waals surface area (Å²) < 4.78 is 10.2. The predicted octanol–water partition coefficient (Wildman–Crippen LogP) is 2.54. The van der Waals surface area contributed by atoms with Crippen LogP contribution in [-0.4, -0.2) is 23.3 Å². The second-order valence-electron chi connectivity index (χ2n) is 6.05. The maximum Gasteiger partial charge on any atom is 0.337 e. The number of hydrogen-bond acceptors (Lipinski definition) is 6. The number of ether oxygens (including phenoxy) is 2. The number of nitriles is 1. The Morgan fingerprint density at radius 2 is 2.08 bits per heavy atom. The van der Waals surface area contributed by atoms with Crippen molar-refractivity contribution in [3.05, 3.63) is 58.1 Å². The fourth-order valence-electron chi connectivity index (χ4n) is 2.97. The van der Waals surface area contributed by atoms with E-state index in [1.807, 2.05) is 13.8 Å². The van der Waals surface area contributed by atoms with E-state index < -0.39 is 11.9 Å². The molecule has 0 saturated heterocycles. The van der Waals surface area contributed by atoms with Gasteiger partial charge in [-0.05, 0) is 23.6 Å². The average molecular weight is 338 g/mol. The second kappa shape index (κ2) is 6.32. The molecule has 7 nitrogen and oxygen atoms in total. The van der Waals surface area contributed by atoms with Crippen LogP contribution < -0.4 is 10.5 Å². The number of hydrogen-bond donors (Lipinski definition) is 2. The maximum absolute atomic E-state index is 11.6. The molecule has 25 heavy (non-hydrogen) atoms. The number of H-pyrrole nitrogens is 1. The Bertz CT molecular complexity index is 888. The molecular formula is C18H18N4O3. The summed E-state index contributed by atoms with van der Waals surface area (Å²) in [6, 6.07) is 9.04. The van der Waals surface area contributed by atoms with E-state index in [1.165, 1.54) is 7.11 Å². The Kier molecular flexibility index (Phi) is 4.19. The number of benzene rings is 1. The molecule has 3 rings (SSSR count).